The maximum absolute atomic E-state index is 13.4. The second-order valence-electron chi connectivity index (χ2n) is 11.3. The minimum Gasteiger partial charge on any atom is -0.492 e. The summed E-state index contributed by atoms with van der Waals surface area (Å²) >= 11 is 0. The molecule has 0 N–H and O–H groups in total. The highest BCUT2D eigenvalue weighted by Gasteiger charge is 2.38. The van der Waals surface area contributed by atoms with Gasteiger partial charge in [-0.3, -0.25) is 9.69 Å². The van der Waals surface area contributed by atoms with E-state index in [2.05, 4.69) is 57.8 Å². The molecule has 216 valence electrons. The summed E-state index contributed by atoms with van der Waals surface area (Å²) in [6.07, 6.45) is 3.96. The van der Waals surface area contributed by atoms with E-state index in [1.165, 1.54) is 5.56 Å². The van der Waals surface area contributed by atoms with E-state index in [0.29, 0.717) is 34.6 Å². The molecule has 0 unspecified atom stereocenters. The van der Waals surface area contributed by atoms with Gasteiger partial charge in [0.15, 0.2) is 17.3 Å². The van der Waals surface area contributed by atoms with Crippen LogP contribution in [-0.2, 0) is 12.8 Å². The van der Waals surface area contributed by atoms with Crippen molar-refractivity contribution in [3.05, 3.63) is 88.7 Å². The Morgan fingerprint density at radius 3 is 2.57 bits per heavy atom. The Bertz CT molecular complexity index is 1580. The minimum atomic E-state index is -0.258. The van der Waals surface area contributed by atoms with Gasteiger partial charge in [-0.25, -0.2) is 0 Å². The molecule has 1 aromatic heterocycles. The first-order chi connectivity index (χ1) is 20.6. The lowest BCUT2D eigenvalue weighted by Crippen LogP contribution is -2.38. The number of hydrogen-bond acceptors (Lipinski definition) is 8. The summed E-state index contributed by atoms with van der Waals surface area (Å²) in [6, 6.07) is 20.0. The number of methoxy groups -OCH3 is 1. The number of rotatable bonds is 6. The molecule has 7 rings (SSSR count). The average Bonchev–Trinajstić information content (AvgIpc) is 3.71. The third-order valence-electron chi connectivity index (χ3n) is 8.76. The third kappa shape index (κ3) is 4.75. The van der Waals surface area contributed by atoms with Crippen molar-refractivity contribution in [1.82, 2.24) is 30.0 Å². The molecule has 42 heavy (non-hydrogen) atoms. The quantitative estimate of drug-likeness (QED) is 0.345. The topological polar surface area (TPSA) is 94.8 Å². The standard InChI is InChI=1S/C32H34N6O4/c1-36-15-14-24-19-26-29(42-20-41-26)30(40-2)27(24)28(36)31-33-34-35-38(31)25-10-8-23(9-11-25)32(39)37-16-12-22(13-17-37)18-21-6-4-3-5-7-21/h3-11,19,22,28H,12-18,20H2,1-2H3/t28-/m0/s1. The molecule has 3 aliphatic rings. The Labute approximate surface area is 244 Å². The second-order valence-corrected chi connectivity index (χ2v) is 11.3. The van der Waals surface area contributed by atoms with E-state index in [-0.39, 0.29) is 18.7 Å². The van der Waals surface area contributed by atoms with Gasteiger partial charge >= 0.3 is 0 Å². The van der Waals surface area contributed by atoms with Gasteiger partial charge in [0.1, 0.15) is 6.04 Å². The van der Waals surface area contributed by atoms with Gasteiger partial charge in [-0.05, 0) is 90.5 Å². The number of fused-ring (bicyclic) bond motifs is 2. The van der Waals surface area contributed by atoms with Gasteiger partial charge < -0.3 is 19.1 Å². The number of carbonyl (C=O) groups is 1. The second kappa shape index (κ2) is 11.1. The smallest absolute Gasteiger partial charge is 0.253 e. The molecular formula is C32H34N6O4. The lowest BCUT2D eigenvalue weighted by molar-refractivity contribution is 0.0690. The fourth-order valence-electron chi connectivity index (χ4n) is 6.52. The van der Waals surface area contributed by atoms with Crippen molar-refractivity contribution in [3.63, 3.8) is 0 Å². The molecule has 0 saturated carbocycles. The highest BCUT2D eigenvalue weighted by atomic mass is 16.7. The first kappa shape index (κ1) is 26.5. The van der Waals surface area contributed by atoms with Crippen LogP contribution in [0.15, 0.2) is 60.7 Å². The molecule has 10 nitrogen and oxygen atoms in total. The molecule has 0 radical (unpaired) electrons. The highest BCUT2D eigenvalue weighted by molar-refractivity contribution is 5.94. The van der Waals surface area contributed by atoms with Gasteiger partial charge in [0.25, 0.3) is 5.91 Å². The molecule has 0 spiro atoms. The number of piperidine rings is 1. The lowest BCUT2D eigenvalue weighted by atomic mass is 9.90. The van der Waals surface area contributed by atoms with Crippen molar-refractivity contribution in [1.29, 1.82) is 0 Å². The number of hydrogen-bond donors (Lipinski definition) is 0. The third-order valence-corrected chi connectivity index (χ3v) is 8.76. The van der Waals surface area contributed by atoms with Crippen LogP contribution in [0.4, 0.5) is 0 Å². The van der Waals surface area contributed by atoms with Crippen molar-refractivity contribution < 1.29 is 19.0 Å². The van der Waals surface area contributed by atoms with Crippen LogP contribution in [0.3, 0.4) is 0 Å². The van der Waals surface area contributed by atoms with Crippen molar-refractivity contribution in [2.75, 3.05) is 40.6 Å². The molecule has 1 fully saturated rings. The molecular weight excluding hydrogens is 532 g/mol. The summed E-state index contributed by atoms with van der Waals surface area (Å²) in [5, 5.41) is 12.8. The number of ether oxygens (including phenoxy) is 3. The lowest BCUT2D eigenvalue weighted by Gasteiger charge is -2.34. The molecule has 0 bridgehead atoms. The van der Waals surface area contributed by atoms with Gasteiger partial charge in [0.05, 0.1) is 12.8 Å². The minimum absolute atomic E-state index is 0.0680. The number of benzene rings is 3. The first-order valence-corrected chi connectivity index (χ1v) is 14.5. The number of tetrazole rings is 1. The maximum atomic E-state index is 13.4. The molecule has 1 amide bonds. The van der Waals surface area contributed by atoms with Crippen molar-refractivity contribution in [2.24, 2.45) is 5.92 Å². The van der Waals surface area contributed by atoms with Crippen molar-refractivity contribution in [2.45, 2.75) is 31.7 Å². The summed E-state index contributed by atoms with van der Waals surface area (Å²) in [6.45, 7) is 2.55. The van der Waals surface area contributed by atoms with E-state index in [1.54, 1.807) is 11.8 Å². The van der Waals surface area contributed by atoms with Crippen LogP contribution < -0.4 is 14.2 Å². The van der Waals surface area contributed by atoms with Gasteiger partial charge in [-0.2, -0.15) is 4.68 Å². The molecule has 0 aliphatic carbocycles. The Balaban J connectivity index is 1.10. The summed E-state index contributed by atoms with van der Waals surface area (Å²) in [7, 11) is 3.70. The number of carbonyl (C=O) groups excluding carboxylic acids is 1. The van der Waals surface area contributed by atoms with Gasteiger partial charge in [0, 0.05) is 30.8 Å². The molecule has 4 aromatic rings. The maximum Gasteiger partial charge on any atom is 0.253 e. The highest BCUT2D eigenvalue weighted by Crippen LogP contribution is 2.50. The number of aromatic nitrogens is 4. The number of likely N-dealkylation sites (tertiary alicyclic amines) is 1. The normalized spacial score (nSPS) is 18.6. The van der Waals surface area contributed by atoms with Crippen LogP contribution in [0, 0.1) is 5.92 Å². The molecule has 10 heteroatoms. The fraction of sp³-hybridized carbons (Fsp3) is 0.375. The first-order valence-electron chi connectivity index (χ1n) is 14.5. The molecule has 3 aliphatic heterocycles. The summed E-state index contributed by atoms with van der Waals surface area (Å²) in [4.78, 5) is 17.5. The number of nitrogens with zero attached hydrogens (tertiary/aromatic N) is 6. The number of amides is 1. The molecule has 1 atom stereocenters. The van der Waals surface area contributed by atoms with E-state index < -0.39 is 0 Å². The number of likely N-dealkylation sites (N-methyl/N-ethyl adjacent to an activating group) is 1. The molecule has 1 saturated heterocycles. The van der Waals surface area contributed by atoms with Crippen LogP contribution in [0.25, 0.3) is 5.69 Å². The zero-order valence-electron chi connectivity index (χ0n) is 23.9. The average molecular weight is 567 g/mol. The van der Waals surface area contributed by atoms with Crippen LogP contribution in [0.5, 0.6) is 17.2 Å². The summed E-state index contributed by atoms with van der Waals surface area (Å²) < 4.78 is 19.0. The van der Waals surface area contributed by atoms with Crippen LogP contribution in [0.1, 0.15) is 51.8 Å². The summed E-state index contributed by atoms with van der Waals surface area (Å²) in [5.74, 6) is 3.31. The SMILES string of the molecule is COc1c2c(cc3c1[C@@H](c1nnnn1-c1ccc(C(=O)N4CCC(Cc5ccccc5)CC4)cc1)N(C)CC3)OCO2. The molecule has 3 aromatic carbocycles. The van der Waals surface area contributed by atoms with E-state index in [4.69, 9.17) is 14.2 Å². The van der Waals surface area contributed by atoms with Crippen molar-refractivity contribution in [3.8, 4) is 22.9 Å². The van der Waals surface area contributed by atoms with Crippen LogP contribution >= 0.6 is 0 Å². The summed E-state index contributed by atoms with van der Waals surface area (Å²) in [5.41, 5.74) is 4.93. The van der Waals surface area contributed by atoms with Gasteiger partial charge in [0.2, 0.25) is 12.5 Å². The molecule has 4 heterocycles. The van der Waals surface area contributed by atoms with E-state index in [0.717, 1.165) is 62.1 Å². The van der Waals surface area contributed by atoms with Crippen LogP contribution in [-0.4, -0.2) is 76.5 Å². The van der Waals surface area contributed by atoms with E-state index >= 15 is 0 Å². The largest absolute Gasteiger partial charge is 0.492 e. The zero-order valence-corrected chi connectivity index (χ0v) is 23.9. The van der Waals surface area contributed by atoms with Crippen LogP contribution in [0.2, 0.25) is 0 Å². The Morgan fingerprint density at radius 2 is 1.81 bits per heavy atom. The predicted octanol–water partition coefficient (Wildman–Crippen LogP) is 4.07. The van der Waals surface area contributed by atoms with Crippen molar-refractivity contribution >= 4 is 5.91 Å². The monoisotopic (exact) mass is 566 g/mol. The Hall–Kier alpha value is -4.44. The Kier molecular flexibility index (Phi) is 6.99. The zero-order chi connectivity index (χ0) is 28.6. The van der Waals surface area contributed by atoms with E-state index in [1.807, 2.05) is 35.2 Å². The van der Waals surface area contributed by atoms with Gasteiger partial charge in [-0.15, -0.1) is 5.10 Å². The van der Waals surface area contributed by atoms with E-state index in [9.17, 15) is 4.79 Å². The fourth-order valence-corrected chi connectivity index (χ4v) is 6.52. The predicted molar refractivity (Wildman–Crippen MR) is 155 cm³/mol. The Morgan fingerprint density at radius 1 is 1.02 bits per heavy atom. The van der Waals surface area contributed by atoms with Gasteiger partial charge in [-0.1, -0.05) is 30.3 Å².